The molecule has 3 rings (SSSR count). The quantitative estimate of drug-likeness (QED) is 0.646. The van der Waals surface area contributed by atoms with Crippen LogP contribution in [0.25, 0.3) is 0 Å². The van der Waals surface area contributed by atoms with E-state index in [0.717, 1.165) is 62.5 Å². The molecule has 0 aliphatic carbocycles. The van der Waals surface area contributed by atoms with E-state index < -0.39 is 0 Å². The van der Waals surface area contributed by atoms with E-state index in [1.54, 1.807) is 0 Å². The van der Waals surface area contributed by atoms with E-state index in [1.165, 1.54) is 22.7 Å². The first kappa shape index (κ1) is 18.6. The monoisotopic (exact) mass is 372 g/mol. The summed E-state index contributed by atoms with van der Waals surface area (Å²) in [5.74, 6) is 1.92. The van der Waals surface area contributed by atoms with Gasteiger partial charge in [0.1, 0.15) is 5.82 Å². The van der Waals surface area contributed by atoms with Crippen LogP contribution in [0.4, 0.5) is 5.13 Å². The van der Waals surface area contributed by atoms with Gasteiger partial charge in [-0.15, -0.1) is 0 Å². The van der Waals surface area contributed by atoms with E-state index in [1.807, 2.05) is 7.05 Å². The van der Waals surface area contributed by atoms with Crippen LogP contribution in [0.15, 0.2) is 29.3 Å². The van der Waals surface area contributed by atoms with E-state index >= 15 is 0 Å². The Bertz CT molecular complexity index is 733. The van der Waals surface area contributed by atoms with Crippen molar-refractivity contribution in [3.8, 4) is 0 Å². The number of anilines is 1. The highest BCUT2D eigenvalue weighted by molar-refractivity contribution is 7.09. The van der Waals surface area contributed by atoms with E-state index in [9.17, 15) is 0 Å². The molecule has 1 saturated heterocycles. The molecular formula is C19H28N6S. The molecule has 1 aliphatic heterocycles. The van der Waals surface area contributed by atoms with Gasteiger partial charge in [0.2, 0.25) is 5.13 Å². The van der Waals surface area contributed by atoms with Gasteiger partial charge < -0.3 is 15.1 Å². The smallest absolute Gasteiger partial charge is 0.205 e. The van der Waals surface area contributed by atoms with Gasteiger partial charge >= 0.3 is 0 Å². The zero-order valence-corrected chi connectivity index (χ0v) is 16.7. The first-order valence-electron chi connectivity index (χ1n) is 9.35. The number of piperazine rings is 1. The van der Waals surface area contributed by atoms with Crippen molar-refractivity contribution >= 4 is 22.6 Å². The fraction of sp³-hybridized carbons (Fsp3) is 0.526. The molecule has 2 aromatic rings. The number of nitrogens with zero attached hydrogens (tertiary/aromatic N) is 5. The van der Waals surface area contributed by atoms with E-state index in [4.69, 9.17) is 0 Å². The molecule has 1 aromatic heterocycles. The molecule has 0 atom stereocenters. The molecule has 7 heteroatoms. The third kappa shape index (κ3) is 4.33. The Morgan fingerprint density at radius 3 is 2.46 bits per heavy atom. The van der Waals surface area contributed by atoms with Crippen LogP contribution in [-0.4, -0.2) is 53.4 Å². The Kier molecular flexibility index (Phi) is 6.44. The van der Waals surface area contributed by atoms with Crippen molar-refractivity contribution in [1.82, 2.24) is 19.6 Å². The largest absolute Gasteiger partial charge is 0.352 e. The SMILES string of the molecule is CCc1nsc(N2CCN(C(=NC)NCc3ccccc3CC)CC2)n1. The number of guanidine groups is 1. The van der Waals surface area contributed by atoms with Crippen LogP contribution in [-0.2, 0) is 19.4 Å². The average molecular weight is 373 g/mol. The van der Waals surface area contributed by atoms with Crippen molar-refractivity contribution in [2.24, 2.45) is 4.99 Å². The summed E-state index contributed by atoms with van der Waals surface area (Å²) >= 11 is 1.51. The standard InChI is InChI=1S/C19H28N6S/c1-4-15-8-6-7-9-16(15)14-21-18(20-3)24-10-12-25(13-11-24)19-22-17(5-2)23-26-19/h6-9H,4-5,10-14H2,1-3H3,(H,20,21). The first-order valence-corrected chi connectivity index (χ1v) is 10.1. The summed E-state index contributed by atoms with van der Waals surface area (Å²) in [6.45, 7) is 8.88. The minimum Gasteiger partial charge on any atom is -0.352 e. The predicted octanol–water partition coefficient (Wildman–Crippen LogP) is 2.56. The second-order valence-electron chi connectivity index (χ2n) is 6.34. The van der Waals surface area contributed by atoms with Gasteiger partial charge in [0.25, 0.3) is 0 Å². The maximum atomic E-state index is 4.61. The second kappa shape index (κ2) is 8.98. The number of aromatic nitrogens is 2. The third-order valence-corrected chi connectivity index (χ3v) is 5.59. The molecule has 0 spiro atoms. The fourth-order valence-corrected chi connectivity index (χ4v) is 4.01. The zero-order chi connectivity index (χ0) is 18.4. The van der Waals surface area contributed by atoms with Gasteiger partial charge in [-0.05, 0) is 17.5 Å². The van der Waals surface area contributed by atoms with Crippen molar-refractivity contribution < 1.29 is 0 Å². The van der Waals surface area contributed by atoms with Crippen molar-refractivity contribution in [2.75, 3.05) is 38.1 Å². The van der Waals surface area contributed by atoms with Crippen LogP contribution < -0.4 is 10.2 Å². The molecule has 1 N–H and O–H groups in total. The second-order valence-corrected chi connectivity index (χ2v) is 7.07. The molecule has 1 aromatic carbocycles. The summed E-state index contributed by atoms with van der Waals surface area (Å²) < 4.78 is 4.40. The summed E-state index contributed by atoms with van der Waals surface area (Å²) in [6, 6.07) is 8.60. The van der Waals surface area contributed by atoms with Crippen molar-refractivity contribution in [3.63, 3.8) is 0 Å². The highest BCUT2D eigenvalue weighted by Crippen LogP contribution is 2.19. The summed E-state index contributed by atoms with van der Waals surface area (Å²) in [5, 5.41) is 4.57. The molecule has 26 heavy (non-hydrogen) atoms. The number of benzene rings is 1. The van der Waals surface area contributed by atoms with Crippen LogP contribution in [0.5, 0.6) is 0 Å². The fourth-order valence-electron chi connectivity index (χ4n) is 3.21. The average Bonchev–Trinajstić information content (AvgIpc) is 3.18. The normalized spacial score (nSPS) is 15.4. The third-order valence-electron chi connectivity index (χ3n) is 4.77. The Hall–Kier alpha value is -2.15. The Morgan fingerprint density at radius 1 is 1.12 bits per heavy atom. The van der Waals surface area contributed by atoms with Crippen LogP contribution in [0.2, 0.25) is 0 Å². The Morgan fingerprint density at radius 2 is 1.85 bits per heavy atom. The van der Waals surface area contributed by atoms with Crippen LogP contribution in [0, 0.1) is 0 Å². The number of aryl methyl sites for hydroxylation is 2. The molecule has 0 radical (unpaired) electrons. The Labute approximate surface area is 160 Å². The molecule has 0 bridgehead atoms. The highest BCUT2D eigenvalue weighted by Gasteiger charge is 2.22. The minimum atomic E-state index is 0.813. The van der Waals surface area contributed by atoms with Crippen molar-refractivity contribution in [2.45, 2.75) is 33.2 Å². The molecule has 140 valence electrons. The maximum absolute atomic E-state index is 4.61. The topological polar surface area (TPSA) is 56.7 Å². The number of aliphatic imine (C=N–C) groups is 1. The first-order chi connectivity index (χ1) is 12.7. The maximum Gasteiger partial charge on any atom is 0.205 e. The molecule has 1 aliphatic rings. The molecule has 6 nitrogen and oxygen atoms in total. The minimum absolute atomic E-state index is 0.813. The lowest BCUT2D eigenvalue weighted by molar-refractivity contribution is 0.372. The van der Waals surface area contributed by atoms with E-state index in [0.29, 0.717) is 0 Å². The number of nitrogens with one attached hydrogen (secondary N) is 1. The zero-order valence-electron chi connectivity index (χ0n) is 15.9. The molecular weight excluding hydrogens is 344 g/mol. The van der Waals surface area contributed by atoms with Crippen LogP contribution >= 0.6 is 11.5 Å². The highest BCUT2D eigenvalue weighted by atomic mass is 32.1. The number of rotatable bonds is 5. The summed E-state index contributed by atoms with van der Waals surface area (Å²) in [5.41, 5.74) is 2.74. The summed E-state index contributed by atoms with van der Waals surface area (Å²) in [6.07, 6.45) is 1.95. The molecule has 0 amide bonds. The summed E-state index contributed by atoms with van der Waals surface area (Å²) in [4.78, 5) is 13.7. The van der Waals surface area contributed by atoms with Gasteiger partial charge in [-0.25, -0.2) is 4.98 Å². The number of hydrogen-bond donors (Lipinski definition) is 1. The summed E-state index contributed by atoms with van der Waals surface area (Å²) in [7, 11) is 1.86. The van der Waals surface area contributed by atoms with Crippen LogP contribution in [0.1, 0.15) is 30.8 Å². The van der Waals surface area contributed by atoms with Gasteiger partial charge in [0, 0.05) is 57.7 Å². The Balaban J connectivity index is 1.55. The van der Waals surface area contributed by atoms with E-state index in [-0.39, 0.29) is 0 Å². The lowest BCUT2D eigenvalue weighted by Gasteiger charge is -2.36. The lowest BCUT2D eigenvalue weighted by atomic mass is 10.1. The van der Waals surface area contributed by atoms with Gasteiger partial charge in [-0.1, -0.05) is 38.1 Å². The molecule has 0 unspecified atom stereocenters. The molecule has 0 saturated carbocycles. The van der Waals surface area contributed by atoms with Gasteiger partial charge in [0.05, 0.1) is 0 Å². The van der Waals surface area contributed by atoms with Gasteiger partial charge in [0.15, 0.2) is 5.96 Å². The predicted molar refractivity (Wildman–Crippen MR) is 109 cm³/mol. The van der Waals surface area contributed by atoms with Gasteiger partial charge in [-0.3, -0.25) is 4.99 Å². The lowest BCUT2D eigenvalue weighted by Crippen LogP contribution is -2.52. The van der Waals surface area contributed by atoms with Crippen molar-refractivity contribution in [1.29, 1.82) is 0 Å². The molecule has 2 heterocycles. The molecule has 1 fully saturated rings. The van der Waals surface area contributed by atoms with E-state index in [2.05, 4.69) is 67.6 Å². The van der Waals surface area contributed by atoms with Gasteiger partial charge in [-0.2, -0.15) is 4.37 Å². The van der Waals surface area contributed by atoms with Crippen LogP contribution in [0.3, 0.4) is 0 Å². The van der Waals surface area contributed by atoms with Crippen molar-refractivity contribution in [3.05, 3.63) is 41.2 Å². The number of hydrogen-bond acceptors (Lipinski definition) is 5.